The van der Waals surface area contributed by atoms with Crippen molar-refractivity contribution in [3.63, 3.8) is 0 Å². The zero-order chi connectivity index (χ0) is 19.0. The van der Waals surface area contributed by atoms with E-state index in [4.69, 9.17) is 8.83 Å². The van der Waals surface area contributed by atoms with Gasteiger partial charge in [-0.05, 0) is 55.3 Å². The maximum atomic E-state index is 5.77. The van der Waals surface area contributed by atoms with E-state index < -0.39 is 0 Å². The van der Waals surface area contributed by atoms with Crippen LogP contribution in [0, 0.1) is 27.7 Å². The van der Waals surface area contributed by atoms with E-state index in [9.17, 15) is 0 Å². The second-order valence-corrected chi connectivity index (χ2v) is 7.17. The number of hydrogen-bond acceptors (Lipinski definition) is 8. The van der Waals surface area contributed by atoms with Gasteiger partial charge in [0.15, 0.2) is 0 Å². The van der Waals surface area contributed by atoms with Gasteiger partial charge in [-0.25, -0.2) is 0 Å². The summed E-state index contributed by atoms with van der Waals surface area (Å²) in [5.41, 5.74) is 4.02. The first-order valence-electron chi connectivity index (χ1n) is 8.40. The molecule has 4 aromatic rings. The number of benzene rings is 1. The molecule has 0 saturated heterocycles. The largest absolute Gasteiger partial charge is 0.466 e. The van der Waals surface area contributed by atoms with Gasteiger partial charge in [0, 0.05) is 0 Å². The van der Waals surface area contributed by atoms with E-state index in [-0.39, 0.29) is 0 Å². The summed E-state index contributed by atoms with van der Waals surface area (Å²) in [5.74, 6) is 2.99. The molecule has 0 spiro atoms. The van der Waals surface area contributed by atoms with Crippen molar-refractivity contribution >= 4 is 11.8 Å². The minimum Gasteiger partial charge on any atom is -0.466 e. The van der Waals surface area contributed by atoms with Crippen LogP contribution in [0.25, 0.3) is 17.1 Å². The van der Waals surface area contributed by atoms with Crippen molar-refractivity contribution in [3.8, 4) is 17.1 Å². The summed E-state index contributed by atoms with van der Waals surface area (Å²) in [5, 5.41) is 21.0. The molecule has 0 N–H and O–H groups in total. The Bertz CT molecular complexity index is 1080. The van der Waals surface area contributed by atoms with Crippen molar-refractivity contribution in [1.82, 2.24) is 30.4 Å². The van der Waals surface area contributed by atoms with E-state index in [0.29, 0.717) is 22.7 Å². The van der Waals surface area contributed by atoms with E-state index >= 15 is 0 Å². The topological polar surface area (TPSA) is 95.7 Å². The van der Waals surface area contributed by atoms with Crippen molar-refractivity contribution in [2.24, 2.45) is 0 Å². The number of aromatic nitrogens is 6. The first-order valence-corrected chi connectivity index (χ1v) is 9.39. The third-order valence-electron chi connectivity index (χ3n) is 4.16. The molecule has 1 aromatic carbocycles. The number of thioether (sulfide) groups is 1. The molecule has 8 nitrogen and oxygen atoms in total. The summed E-state index contributed by atoms with van der Waals surface area (Å²) >= 11 is 1.44. The monoisotopic (exact) mass is 382 g/mol. The molecule has 0 radical (unpaired) electrons. The van der Waals surface area contributed by atoms with Crippen molar-refractivity contribution < 1.29 is 8.83 Å². The average Bonchev–Trinajstić information content (AvgIpc) is 3.33. The van der Waals surface area contributed by atoms with Gasteiger partial charge in [-0.3, -0.25) is 0 Å². The lowest BCUT2D eigenvalue weighted by molar-refractivity contribution is 0.499. The number of aryl methyl sites for hydroxylation is 4. The standard InChI is InChI=1S/C18H18N6O2S/c1-10-6-5-7-11(2)16(10)24-18(21-22-23-24)27-9-15-19-20-17(26-15)14-8-12(3)25-13(14)4/h5-8H,9H2,1-4H3. The van der Waals surface area contributed by atoms with Crippen molar-refractivity contribution in [3.05, 3.63) is 52.8 Å². The molecule has 0 aliphatic rings. The highest BCUT2D eigenvalue weighted by Gasteiger charge is 2.17. The minimum absolute atomic E-state index is 0.453. The summed E-state index contributed by atoms with van der Waals surface area (Å²) in [7, 11) is 0. The van der Waals surface area contributed by atoms with Crippen LogP contribution in [0.4, 0.5) is 0 Å². The van der Waals surface area contributed by atoms with E-state index in [2.05, 4.69) is 25.7 Å². The van der Waals surface area contributed by atoms with Gasteiger partial charge in [0.2, 0.25) is 11.0 Å². The third-order valence-corrected chi connectivity index (χ3v) is 5.06. The maximum Gasteiger partial charge on any atom is 0.251 e. The zero-order valence-corrected chi connectivity index (χ0v) is 16.2. The SMILES string of the molecule is Cc1cc(-c2nnc(CSc3nnnn3-c3c(C)cccc3C)o2)c(C)o1. The van der Waals surface area contributed by atoms with Crippen LogP contribution in [0.5, 0.6) is 0 Å². The molecule has 0 amide bonds. The normalized spacial score (nSPS) is 11.3. The van der Waals surface area contributed by atoms with Crippen LogP contribution in [0.1, 0.15) is 28.5 Å². The lowest BCUT2D eigenvalue weighted by Crippen LogP contribution is -2.04. The first-order chi connectivity index (χ1) is 13.0. The second-order valence-electron chi connectivity index (χ2n) is 6.23. The Morgan fingerprint density at radius 3 is 2.48 bits per heavy atom. The molecule has 27 heavy (non-hydrogen) atoms. The van der Waals surface area contributed by atoms with Crippen LogP contribution >= 0.6 is 11.8 Å². The number of tetrazole rings is 1. The average molecular weight is 382 g/mol. The number of furan rings is 1. The van der Waals surface area contributed by atoms with Gasteiger partial charge in [-0.1, -0.05) is 30.0 Å². The summed E-state index contributed by atoms with van der Waals surface area (Å²) in [6, 6.07) is 7.99. The van der Waals surface area contributed by atoms with Gasteiger partial charge in [0.25, 0.3) is 5.89 Å². The molecular formula is C18H18N6O2S. The molecule has 0 unspecified atom stereocenters. The van der Waals surface area contributed by atoms with Crippen LogP contribution in [0.3, 0.4) is 0 Å². The molecule has 0 saturated carbocycles. The quantitative estimate of drug-likeness (QED) is 0.481. The second kappa shape index (κ2) is 6.99. The molecule has 0 aliphatic heterocycles. The van der Waals surface area contributed by atoms with E-state index in [1.807, 2.05) is 52.0 Å². The predicted octanol–water partition coefficient (Wildman–Crippen LogP) is 3.83. The molecule has 3 heterocycles. The summed E-state index contributed by atoms with van der Waals surface area (Å²) < 4.78 is 13.0. The smallest absolute Gasteiger partial charge is 0.251 e. The number of nitrogens with zero attached hydrogens (tertiary/aromatic N) is 6. The number of rotatable bonds is 5. The van der Waals surface area contributed by atoms with Gasteiger partial charge in [0.1, 0.15) is 11.5 Å². The number of hydrogen-bond donors (Lipinski definition) is 0. The van der Waals surface area contributed by atoms with Gasteiger partial charge in [-0.15, -0.1) is 15.3 Å². The van der Waals surface area contributed by atoms with Crippen molar-refractivity contribution in [2.45, 2.75) is 38.6 Å². The lowest BCUT2D eigenvalue weighted by Gasteiger charge is -2.09. The van der Waals surface area contributed by atoms with Crippen LogP contribution < -0.4 is 0 Å². The summed E-state index contributed by atoms with van der Waals surface area (Å²) in [6.45, 7) is 7.84. The lowest BCUT2D eigenvalue weighted by atomic mass is 10.1. The van der Waals surface area contributed by atoms with Crippen LogP contribution in [0.15, 0.2) is 38.3 Å². The first kappa shape index (κ1) is 17.5. The fourth-order valence-electron chi connectivity index (χ4n) is 2.94. The van der Waals surface area contributed by atoms with E-state index in [0.717, 1.165) is 33.9 Å². The highest BCUT2D eigenvalue weighted by atomic mass is 32.2. The Morgan fingerprint density at radius 1 is 1.00 bits per heavy atom. The number of para-hydroxylation sites is 1. The van der Waals surface area contributed by atoms with Crippen LogP contribution in [-0.4, -0.2) is 30.4 Å². The molecule has 0 aliphatic carbocycles. The maximum absolute atomic E-state index is 5.77. The Labute approximate surface area is 160 Å². The zero-order valence-electron chi connectivity index (χ0n) is 15.4. The third kappa shape index (κ3) is 3.37. The Hall–Kier alpha value is -2.94. The molecule has 0 fully saturated rings. The van der Waals surface area contributed by atoms with Gasteiger partial charge in [0.05, 0.1) is 17.0 Å². The molecule has 0 atom stereocenters. The van der Waals surface area contributed by atoms with Gasteiger partial charge >= 0.3 is 0 Å². The minimum atomic E-state index is 0.453. The molecule has 3 aromatic heterocycles. The molecular weight excluding hydrogens is 364 g/mol. The fraction of sp³-hybridized carbons (Fsp3) is 0.278. The van der Waals surface area contributed by atoms with Gasteiger partial charge < -0.3 is 8.83 Å². The molecule has 9 heteroatoms. The van der Waals surface area contributed by atoms with Gasteiger partial charge in [-0.2, -0.15) is 4.68 Å². The highest BCUT2D eigenvalue weighted by Crippen LogP contribution is 2.28. The van der Waals surface area contributed by atoms with Crippen LogP contribution in [0.2, 0.25) is 0 Å². The van der Waals surface area contributed by atoms with E-state index in [1.54, 1.807) is 4.68 Å². The fourth-order valence-corrected chi connectivity index (χ4v) is 3.65. The highest BCUT2D eigenvalue weighted by molar-refractivity contribution is 7.98. The molecule has 0 bridgehead atoms. The molecule has 138 valence electrons. The van der Waals surface area contributed by atoms with E-state index in [1.165, 1.54) is 11.8 Å². The van der Waals surface area contributed by atoms with Crippen LogP contribution in [-0.2, 0) is 5.75 Å². The summed E-state index contributed by atoms with van der Waals surface area (Å²) in [4.78, 5) is 0. The van der Waals surface area contributed by atoms with Crippen molar-refractivity contribution in [2.75, 3.05) is 0 Å². The Kier molecular flexibility index (Phi) is 4.53. The molecule has 4 rings (SSSR count). The Morgan fingerprint density at radius 2 is 1.78 bits per heavy atom. The summed E-state index contributed by atoms with van der Waals surface area (Å²) in [6.07, 6.45) is 0. The Balaban J connectivity index is 1.54. The predicted molar refractivity (Wildman–Crippen MR) is 99.7 cm³/mol. The van der Waals surface area contributed by atoms with Crippen molar-refractivity contribution in [1.29, 1.82) is 0 Å².